The van der Waals surface area contributed by atoms with Crippen molar-refractivity contribution in [3.63, 3.8) is 0 Å². The topological polar surface area (TPSA) is 81.5 Å². The minimum atomic E-state index is -0.743. The lowest BCUT2D eigenvalue weighted by Crippen LogP contribution is -2.22. The number of allylic oxidation sites excluding steroid dienone is 8. The van der Waals surface area contributed by atoms with Gasteiger partial charge in [0.1, 0.15) is 0 Å². The molecule has 160 valence electrons. The third kappa shape index (κ3) is 23.2. The third-order valence-electron chi connectivity index (χ3n) is 3.86. The molecule has 0 spiro atoms. The van der Waals surface area contributed by atoms with Gasteiger partial charge in [-0.2, -0.15) is 0 Å². The fourth-order valence-corrected chi connectivity index (χ4v) is 2.35. The maximum atomic E-state index is 11.3. The molecule has 0 aliphatic rings. The third-order valence-corrected chi connectivity index (χ3v) is 3.86. The molecule has 6 heteroatoms. The van der Waals surface area contributed by atoms with Crippen molar-refractivity contribution in [3.05, 3.63) is 58.7 Å². The molecule has 1 amide bonds. The molecule has 0 aliphatic heterocycles. The van der Waals surface area contributed by atoms with Gasteiger partial charge < -0.3 is 10.2 Å². The number of hydrogen-bond acceptors (Lipinski definition) is 4. The second-order valence-corrected chi connectivity index (χ2v) is 6.37. The number of unbranched alkanes of at least 4 members (excludes halogenated alkanes) is 4. The van der Waals surface area contributed by atoms with E-state index in [1.165, 1.54) is 0 Å². The van der Waals surface area contributed by atoms with Crippen LogP contribution in [0.1, 0.15) is 64.2 Å². The number of nitrogens with zero attached hydrogens (tertiary/aromatic N) is 1. The molecule has 0 aliphatic carbocycles. The van der Waals surface area contributed by atoms with E-state index in [-0.39, 0.29) is 12.5 Å². The fraction of sp³-hybridized carbons (Fsp3) is 0.522. The van der Waals surface area contributed by atoms with Crippen molar-refractivity contribution in [2.45, 2.75) is 64.2 Å². The predicted octanol–water partition coefficient (Wildman–Crippen LogP) is 5.07. The molecule has 0 heterocycles. The first-order valence-electron chi connectivity index (χ1n) is 10.2. The minimum Gasteiger partial charge on any atom is -0.345 e. The number of carbonyl (C=O) groups is 1. The van der Waals surface area contributed by atoms with Crippen LogP contribution < -0.4 is 5.32 Å². The molecule has 0 unspecified atom stereocenters. The highest BCUT2D eigenvalue weighted by Crippen LogP contribution is 2.02. The van der Waals surface area contributed by atoms with Crippen molar-refractivity contribution in [1.82, 2.24) is 5.32 Å². The number of rotatable bonds is 18. The molecule has 6 nitrogen and oxygen atoms in total. The molecule has 0 bridgehead atoms. The Morgan fingerprint density at radius 1 is 0.897 bits per heavy atom. The Hall–Kier alpha value is -2.81. The molecular formula is C23H34N2O4. The van der Waals surface area contributed by atoms with Gasteiger partial charge in [-0.25, -0.2) is 0 Å². The molecule has 0 aromatic carbocycles. The van der Waals surface area contributed by atoms with E-state index in [4.69, 9.17) is 6.42 Å². The van der Waals surface area contributed by atoms with E-state index in [0.717, 1.165) is 57.8 Å². The van der Waals surface area contributed by atoms with Crippen LogP contribution in [0.4, 0.5) is 0 Å². The molecule has 0 fully saturated rings. The number of nitrogens with one attached hydrogen (secondary N) is 1. The summed E-state index contributed by atoms with van der Waals surface area (Å²) in [7, 11) is 0. The highest BCUT2D eigenvalue weighted by molar-refractivity contribution is 5.76. The second kappa shape index (κ2) is 21.5. The number of amides is 1. The highest BCUT2D eigenvalue weighted by Gasteiger charge is 1.97. The summed E-state index contributed by atoms with van der Waals surface area (Å²) in [5, 5.41) is 11.9. The smallest absolute Gasteiger partial charge is 0.294 e. The standard InChI is InChI=1S/C23H34N2O4/c1-2-21-24-23(26)20-18-16-14-12-10-8-6-4-3-5-7-9-11-13-15-17-19-22-29-25(27)28/h1,3,5-6,8-9,11-12,14H,4,7,10,13,15-22H2,(H,24,26)/b5-3-,8-6-,11-9-,14-12-. The summed E-state index contributed by atoms with van der Waals surface area (Å²) >= 11 is 0. The number of terminal acetylenes is 1. The average molecular weight is 403 g/mol. The van der Waals surface area contributed by atoms with Crippen molar-refractivity contribution in [3.8, 4) is 12.3 Å². The Balaban J connectivity index is 3.45. The molecule has 0 atom stereocenters. The van der Waals surface area contributed by atoms with E-state index in [0.29, 0.717) is 13.0 Å². The van der Waals surface area contributed by atoms with Crippen LogP contribution in [0.25, 0.3) is 0 Å². The van der Waals surface area contributed by atoms with Gasteiger partial charge in [-0.1, -0.05) is 60.9 Å². The Labute approximate surface area is 174 Å². The van der Waals surface area contributed by atoms with Crippen LogP contribution in [0.15, 0.2) is 48.6 Å². The van der Waals surface area contributed by atoms with Gasteiger partial charge in [0, 0.05) is 6.42 Å². The van der Waals surface area contributed by atoms with E-state index in [9.17, 15) is 14.9 Å². The van der Waals surface area contributed by atoms with E-state index < -0.39 is 5.09 Å². The maximum Gasteiger partial charge on any atom is 0.294 e. The van der Waals surface area contributed by atoms with Crippen LogP contribution in [-0.2, 0) is 9.63 Å². The lowest BCUT2D eigenvalue weighted by molar-refractivity contribution is -0.757. The largest absolute Gasteiger partial charge is 0.345 e. The van der Waals surface area contributed by atoms with Crippen molar-refractivity contribution < 1.29 is 14.7 Å². The van der Waals surface area contributed by atoms with Crippen LogP contribution in [0.3, 0.4) is 0 Å². The summed E-state index contributed by atoms with van der Waals surface area (Å²) < 4.78 is 0. The monoisotopic (exact) mass is 402 g/mol. The van der Waals surface area contributed by atoms with Gasteiger partial charge in [-0.15, -0.1) is 16.5 Å². The Bertz CT molecular complexity index is 586. The van der Waals surface area contributed by atoms with Crippen LogP contribution in [0.2, 0.25) is 0 Å². The van der Waals surface area contributed by atoms with Crippen LogP contribution in [0, 0.1) is 22.5 Å². The molecule has 0 aromatic rings. The first-order valence-corrected chi connectivity index (χ1v) is 10.2. The molecule has 0 aromatic heterocycles. The molecule has 1 N–H and O–H groups in total. The molecule has 0 rings (SSSR count). The van der Waals surface area contributed by atoms with Crippen LogP contribution in [-0.4, -0.2) is 24.1 Å². The Morgan fingerprint density at radius 3 is 2.00 bits per heavy atom. The fourth-order valence-electron chi connectivity index (χ4n) is 2.35. The quantitative estimate of drug-likeness (QED) is 0.114. The lowest BCUT2D eigenvalue weighted by atomic mass is 10.2. The Kier molecular flexibility index (Phi) is 19.4. The van der Waals surface area contributed by atoms with Crippen LogP contribution >= 0.6 is 0 Å². The summed E-state index contributed by atoms with van der Waals surface area (Å²) in [5.74, 6) is 2.39. The minimum absolute atomic E-state index is 0.0122. The van der Waals surface area contributed by atoms with Gasteiger partial charge in [-0.3, -0.25) is 4.79 Å². The van der Waals surface area contributed by atoms with Gasteiger partial charge >= 0.3 is 0 Å². The molecular weight excluding hydrogens is 368 g/mol. The Morgan fingerprint density at radius 2 is 1.45 bits per heavy atom. The SMILES string of the molecule is C#CCNC(=O)CCC/C=C\C/C=C\C/C=C\C/C=C\CCCCCO[N+](=O)[O-]. The molecule has 0 saturated carbocycles. The first-order chi connectivity index (χ1) is 14.2. The summed E-state index contributed by atoms with van der Waals surface area (Å²) in [4.78, 5) is 25.6. The summed E-state index contributed by atoms with van der Waals surface area (Å²) in [6.45, 7) is 0.491. The molecule has 0 saturated heterocycles. The zero-order chi connectivity index (χ0) is 21.4. The molecule has 0 radical (unpaired) electrons. The summed E-state index contributed by atoms with van der Waals surface area (Å²) in [6.07, 6.45) is 30.9. The van der Waals surface area contributed by atoms with Crippen LogP contribution in [0.5, 0.6) is 0 Å². The van der Waals surface area contributed by atoms with Crippen molar-refractivity contribution in [2.75, 3.05) is 13.2 Å². The number of carbonyl (C=O) groups excluding carboxylic acids is 1. The van der Waals surface area contributed by atoms with Gasteiger partial charge in [-0.05, 0) is 51.4 Å². The maximum absolute atomic E-state index is 11.3. The summed E-state index contributed by atoms with van der Waals surface area (Å²) in [6, 6.07) is 0. The van der Waals surface area contributed by atoms with E-state index >= 15 is 0 Å². The zero-order valence-electron chi connectivity index (χ0n) is 17.3. The van der Waals surface area contributed by atoms with Gasteiger partial charge in [0.2, 0.25) is 5.91 Å². The molecule has 29 heavy (non-hydrogen) atoms. The van der Waals surface area contributed by atoms with Crippen molar-refractivity contribution >= 4 is 5.91 Å². The highest BCUT2D eigenvalue weighted by atomic mass is 16.9. The number of hydrogen-bond donors (Lipinski definition) is 1. The second-order valence-electron chi connectivity index (χ2n) is 6.37. The van der Waals surface area contributed by atoms with Crippen molar-refractivity contribution in [2.24, 2.45) is 0 Å². The van der Waals surface area contributed by atoms with E-state index in [1.54, 1.807) is 0 Å². The lowest BCUT2D eigenvalue weighted by Gasteiger charge is -1.98. The zero-order valence-corrected chi connectivity index (χ0v) is 17.3. The first kappa shape index (κ1) is 26.2. The summed E-state index contributed by atoms with van der Waals surface area (Å²) in [5.41, 5.74) is 0. The van der Waals surface area contributed by atoms with Gasteiger partial charge in [0.25, 0.3) is 5.09 Å². The van der Waals surface area contributed by atoms with Gasteiger partial charge in [0.15, 0.2) is 0 Å². The van der Waals surface area contributed by atoms with E-state index in [2.05, 4.69) is 64.7 Å². The van der Waals surface area contributed by atoms with Crippen molar-refractivity contribution in [1.29, 1.82) is 0 Å². The normalized spacial score (nSPS) is 11.6. The van der Waals surface area contributed by atoms with E-state index in [1.807, 2.05) is 0 Å². The average Bonchev–Trinajstić information content (AvgIpc) is 2.70. The predicted molar refractivity (Wildman–Crippen MR) is 118 cm³/mol. The van der Waals surface area contributed by atoms with Gasteiger partial charge in [0.05, 0.1) is 13.2 Å².